The lowest BCUT2D eigenvalue weighted by molar-refractivity contribution is -0.136. The molecule has 150 valence electrons. The number of hydrogen-bond donors (Lipinski definition) is 2. The normalized spacial score (nSPS) is 11.8. The fourth-order valence-electron chi connectivity index (χ4n) is 3.17. The number of amides is 2. The summed E-state index contributed by atoms with van der Waals surface area (Å²) in [5, 5.41) is 4.73. The fourth-order valence-corrected chi connectivity index (χ4v) is 3.17. The molecule has 0 aliphatic rings. The number of rotatable bonds is 9. The maximum Gasteiger partial charge on any atom is 0.266 e. The molecule has 0 saturated carbocycles. The van der Waals surface area contributed by atoms with Gasteiger partial charge in [-0.3, -0.25) is 14.4 Å². The predicted octanol–water partition coefficient (Wildman–Crippen LogP) is 4.38. The van der Waals surface area contributed by atoms with E-state index in [1.807, 2.05) is 73.7 Å². The fraction of sp³-hybridized carbons (Fsp3) is 0.250. The van der Waals surface area contributed by atoms with Gasteiger partial charge in [0, 0.05) is 5.56 Å². The molecule has 0 aliphatic heterocycles. The predicted molar refractivity (Wildman–Crippen MR) is 114 cm³/mol. The van der Waals surface area contributed by atoms with E-state index in [2.05, 4.69) is 10.8 Å². The maximum atomic E-state index is 12.9. The van der Waals surface area contributed by atoms with E-state index >= 15 is 0 Å². The average molecular weight is 390 g/mol. The Morgan fingerprint density at radius 2 is 1.66 bits per heavy atom. The highest BCUT2D eigenvalue weighted by Gasteiger charge is 2.22. The highest BCUT2D eigenvalue weighted by molar-refractivity contribution is 6.08. The second-order valence-corrected chi connectivity index (χ2v) is 6.94. The van der Waals surface area contributed by atoms with Gasteiger partial charge in [-0.25, -0.2) is 5.48 Å². The molecule has 0 saturated heterocycles. The van der Waals surface area contributed by atoms with Gasteiger partial charge in [0.1, 0.15) is 6.04 Å². The first-order chi connectivity index (χ1) is 14.2. The van der Waals surface area contributed by atoms with Gasteiger partial charge in [-0.15, -0.1) is 0 Å². The second kappa shape index (κ2) is 10.4. The molecule has 0 spiro atoms. The van der Waals surface area contributed by atoms with Gasteiger partial charge in [0.05, 0.1) is 6.61 Å². The second-order valence-electron chi connectivity index (χ2n) is 6.94. The lowest BCUT2D eigenvalue weighted by atomic mass is 10.0. The third-order valence-corrected chi connectivity index (χ3v) is 4.76. The van der Waals surface area contributed by atoms with Crippen LogP contribution in [0, 0.1) is 0 Å². The Morgan fingerprint density at radius 3 is 2.45 bits per heavy atom. The molecule has 5 heteroatoms. The Balaban J connectivity index is 1.65. The number of carbonyl (C=O) groups is 2. The van der Waals surface area contributed by atoms with E-state index in [0.29, 0.717) is 12.0 Å². The zero-order chi connectivity index (χ0) is 20.5. The summed E-state index contributed by atoms with van der Waals surface area (Å²) in [4.78, 5) is 30.9. The van der Waals surface area contributed by atoms with Crippen molar-refractivity contribution in [1.29, 1.82) is 0 Å². The molecule has 0 aliphatic carbocycles. The first-order valence-corrected chi connectivity index (χ1v) is 9.93. The number of hydrogen-bond acceptors (Lipinski definition) is 3. The Morgan fingerprint density at radius 1 is 0.931 bits per heavy atom. The number of carbonyl (C=O) groups excluding carboxylic acids is 2. The van der Waals surface area contributed by atoms with Crippen molar-refractivity contribution >= 4 is 22.6 Å². The molecule has 3 rings (SSSR count). The van der Waals surface area contributed by atoms with E-state index in [4.69, 9.17) is 4.84 Å². The first kappa shape index (κ1) is 20.6. The van der Waals surface area contributed by atoms with Crippen LogP contribution in [0.5, 0.6) is 0 Å². The summed E-state index contributed by atoms with van der Waals surface area (Å²) in [6.45, 7) is 2.32. The monoisotopic (exact) mass is 390 g/mol. The number of nitrogens with one attached hydrogen (secondary N) is 2. The van der Waals surface area contributed by atoms with Gasteiger partial charge < -0.3 is 5.32 Å². The smallest absolute Gasteiger partial charge is 0.266 e. The van der Waals surface area contributed by atoms with Crippen LogP contribution in [-0.4, -0.2) is 17.9 Å². The summed E-state index contributed by atoms with van der Waals surface area (Å²) in [6.07, 6.45) is 2.30. The van der Waals surface area contributed by atoms with E-state index in [-0.39, 0.29) is 18.4 Å². The maximum absolute atomic E-state index is 12.9. The molecule has 3 aromatic rings. The zero-order valence-corrected chi connectivity index (χ0v) is 16.6. The van der Waals surface area contributed by atoms with Crippen molar-refractivity contribution in [3.63, 3.8) is 0 Å². The molecule has 0 aromatic heterocycles. The first-order valence-electron chi connectivity index (χ1n) is 9.93. The molecule has 2 amide bonds. The summed E-state index contributed by atoms with van der Waals surface area (Å²) in [5.74, 6) is -0.607. The molecule has 1 atom stereocenters. The molecule has 5 nitrogen and oxygen atoms in total. The Hall–Kier alpha value is -3.18. The summed E-state index contributed by atoms with van der Waals surface area (Å²) in [6, 6.07) is 22.2. The van der Waals surface area contributed by atoms with Crippen molar-refractivity contribution < 1.29 is 14.4 Å². The molecule has 0 radical (unpaired) electrons. The Bertz CT molecular complexity index is 951. The highest BCUT2D eigenvalue weighted by atomic mass is 16.6. The Labute approximate surface area is 171 Å². The van der Waals surface area contributed by atoms with Crippen LogP contribution in [0.2, 0.25) is 0 Å². The van der Waals surface area contributed by atoms with Gasteiger partial charge in [0.25, 0.3) is 11.8 Å². The highest BCUT2D eigenvalue weighted by Crippen LogP contribution is 2.18. The summed E-state index contributed by atoms with van der Waals surface area (Å²) in [7, 11) is 0. The number of fused-ring (bicyclic) bond motifs is 1. The topological polar surface area (TPSA) is 67.4 Å². The third-order valence-electron chi connectivity index (χ3n) is 4.76. The minimum atomic E-state index is -0.655. The number of hydroxylamine groups is 1. The van der Waals surface area contributed by atoms with Crippen LogP contribution in [0.25, 0.3) is 10.8 Å². The molecule has 1 unspecified atom stereocenters. The SMILES string of the molecule is CCCCC(NC(=O)c1cccc2ccccc12)C(=O)NOCc1ccccc1. The van der Waals surface area contributed by atoms with E-state index in [9.17, 15) is 9.59 Å². The van der Waals surface area contributed by atoms with Crippen molar-refractivity contribution in [2.75, 3.05) is 0 Å². The van der Waals surface area contributed by atoms with Crippen LogP contribution in [0.15, 0.2) is 72.8 Å². The third kappa shape index (κ3) is 5.65. The molecule has 3 aromatic carbocycles. The van der Waals surface area contributed by atoms with E-state index in [1.165, 1.54) is 0 Å². The van der Waals surface area contributed by atoms with Gasteiger partial charge in [0.15, 0.2) is 0 Å². The minimum Gasteiger partial charge on any atom is -0.340 e. The average Bonchev–Trinajstić information content (AvgIpc) is 2.76. The van der Waals surface area contributed by atoms with Crippen LogP contribution < -0.4 is 10.8 Å². The van der Waals surface area contributed by atoms with Crippen molar-refractivity contribution in [3.8, 4) is 0 Å². The minimum absolute atomic E-state index is 0.263. The lowest BCUT2D eigenvalue weighted by Gasteiger charge is -2.18. The lowest BCUT2D eigenvalue weighted by Crippen LogP contribution is -2.46. The van der Waals surface area contributed by atoms with Gasteiger partial charge in [-0.05, 0) is 28.8 Å². The zero-order valence-electron chi connectivity index (χ0n) is 16.6. The molecule has 0 fully saturated rings. The van der Waals surface area contributed by atoms with Crippen molar-refractivity contribution in [2.24, 2.45) is 0 Å². The molecule has 0 bridgehead atoms. The number of unbranched alkanes of at least 4 members (excludes halogenated alkanes) is 1. The van der Waals surface area contributed by atoms with Crippen molar-refractivity contribution in [2.45, 2.75) is 38.8 Å². The van der Waals surface area contributed by atoms with Crippen LogP contribution >= 0.6 is 0 Å². The van der Waals surface area contributed by atoms with E-state index in [1.54, 1.807) is 6.07 Å². The van der Waals surface area contributed by atoms with Crippen LogP contribution in [0.1, 0.15) is 42.1 Å². The summed E-state index contributed by atoms with van der Waals surface area (Å²) in [5.41, 5.74) is 3.99. The van der Waals surface area contributed by atoms with Crippen molar-refractivity contribution in [1.82, 2.24) is 10.8 Å². The van der Waals surface area contributed by atoms with Gasteiger partial charge in [-0.1, -0.05) is 86.5 Å². The molecular weight excluding hydrogens is 364 g/mol. The van der Waals surface area contributed by atoms with Gasteiger partial charge in [-0.2, -0.15) is 0 Å². The van der Waals surface area contributed by atoms with E-state index < -0.39 is 6.04 Å². The van der Waals surface area contributed by atoms with Crippen LogP contribution in [0.4, 0.5) is 0 Å². The molecule has 29 heavy (non-hydrogen) atoms. The van der Waals surface area contributed by atoms with E-state index in [0.717, 1.165) is 29.2 Å². The summed E-state index contributed by atoms with van der Waals surface area (Å²) < 4.78 is 0. The molecular formula is C24H26N2O3. The largest absolute Gasteiger partial charge is 0.340 e. The van der Waals surface area contributed by atoms with Gasteiger partial charge in [0.2, 0.25) is 0 Å². The number of benzene rings is 3. The van der Waals surface area contributed by atoms with Gasteiger partial charge >= 0.3 is 0 Å². The van der Waals surface area contributed by atoms with Crippen LogP contribution in [0.3, 0.4) is 0 Å². The molecule has 2 N–H and O–H groups in total. The molecule has 0 heterocycles. The van der Waals surface area contributed by atoms with Crippen LogP contribution in [-0.2, 0) is 16.2 Å². The quantitative estimate of drug-likeness (QED) is 0.533. The standard InChI is InChI=1S/C24H26N2O3/c1-2-3-16-22(24(28)26-29-17-18-10-5-4-6-11-18)25-23(27)21-15-9-13-19-12-7-8-14-20(19)21/h4-15,22H,2-3,16-17H2,1H3,(H,25,27)(H,26,28). The van der Waals surface area contributed by atoms with Crippen molar-refractivity contribution in [3.05, 3.63) is 83.9 Å². The summed E-state index contributed by atoms with van der Waals surface area (Å²) >= 11 is 0. The Kier molecular flexibility index (Phi) is 7.36.